The van der Waals surface area contributed by atoms with Crippen molar-refractivity contribution in [3.63, 3.8) is 0 Å². The number of nitrogens with one attached hydrogen (secondary N) is 1. The van der Waals surface area contributed by atoms with E-state index in [2.05, 4.69) is 4.72 Å². The van der Waals surface area contributed by atoms with Crippen LogP contribution in [-0.2, 0) is 16.2 Å². The molecule has 0 bridgehead atoms. The Hall–Kier alpha value is -2.62. The second kappa shape index (κ2) is 6.71. The highest BCUT2D eigenvalue weighted by atomic mass is 32.2. The van der Waals surface area contributed by atoms with Crippen LogP contribution in [0.25, 0.3) is 0 Å². The Morgan fingerprint density at radius 3 is 2.24 bits per heavy atom. The van der Waals surface area contributed by atoms with E-state index in [1.807, 2.05) is 0 Å². The van der Waals surface area contributed by atoms with E-state index in [1.165, 1.54) is 26.4 Å². The van der Waals surface area contributed by atoms with Crippen LogP contribution < -0.4 is 19.9 Å². The van der Waals surface area contributed by atoms with Gasteiger partial charge >= 0.3 is 6.18 Å². The summed E-state index contributed by atoms with van der Waals surface area (Å²) in [5.41, 5.74) is 4.62. The van der Waals surface area contributed by atoms with Crippen LogP contribution >= 0.6 is 0 Å². The van der Waals surface area contributed by atoms with E-state index in [4.69, 9.17) is 15.2 Å². The van der Waals surface area contributed by atoms with Crippen molar-refractivity contribution in [3.05, 3.63) is 42.0 Å². The lowest BCUT2D eigenvalue weighted by Crippen LogP contribution is -2.15. The molecule has 0 amide bonds. The minimum absolute atomic E-state index is 0.0715. The predicted molar refractivity (Wildman–Crippen MR) is 86.2 cm³/mol. The van der Waals surface area contributed by atoms with E-state index in [-0.39, 0.29) is 27.8 Å². The molecule has 0 radical (unpaired) electrons. The van der Waals surface area contributed by atoms with E-state index in [1.54, 1.807) is 0 Å². The van der Waals surface area contributed by atoms with Crippen LogP contribution in [0.2, 0.25) is 0 Å². The van der Waals surface area contributed by atoms with E-state index in [0.29, 0.717) is 6.07 Å². The van der Waals surface area contributed by atoms with Crippen molar-refractivity contribution < 1.29 is 31.1 Å². The molecule has 25 heavy (non-hydrogen) atoms. The molecule has 0 atom stereocenters. The number of nitrogens with two attached hydrogens (primary N) is 1. The number of sulfonamides is 1. The lowest BCUT2D eigenvalue weighted by Gasteiger charge is -2.15. The number of hydrogen-bond donors (Lipinski definition) is 2. The van der Waals surface area contributed by atoms with Crippen LogP contribution in [0.15, 0.2) is 41.3 Å². The van der Waals surface area contributed by atoms with E-state index in [0.717, 1.165) is 18.2 Å². The molecule has 0 fully saturated rings. The van der Waals surface area contributed by atoms with Gasteiger partial charge in [0.15, 0.2) is 0 Å². The summed E-state index contributed by atoms with van der Waals surface area (Å²) in [6.07, 6.45) is -4.59. The highest BCUT2D eigenvalue weighted by molar-refractivity contribution is 7.92. The van der Waals surface area contributed by atoms with Gasteiger partial charge in [0.1, 0.15) is 16.4 Å². The van der Waals surface area contributed by atoms with Crippen LogP contribution in [0.5, 0.6) is 11.5 Å². The van der Waals surface area contributed by atoms with Crippen molar-refractivity contribution in [2.75, 3.05) is 24.7 Å². The van der Waals surface area contributed by atoms with E-state index < -0.39 is 21.8 Å². The number of rotatable bonds is 5. The highest BCUT2D eigenvalue weighted by Gasteiger charge is 2.31. The molecule has 0 aromatic heterocycles. The molecule has 0 unspecified atom stereocenters. The monoisotopic (exact) mass is 376 g/mol. The van der Waals surface area contributed by atoms with Gasteiger partial charge in [-0.05, 0) is 18.2 Å². The Bertz CT molecular complexity index is 883. The summed E-state index contributed by atoms with van der Waals surface area (Å²) in [4.78, 5) is -0.321. The first-order valence-electron chi connectivity index (χ1n) is 6.80. The molecule has 136 valence electrons. The zero-order valence-electron chi connectivity index (χ0n) is 13.2. The second-order valence-corrected chi connectivity index (χ2v) is 6.58. The topological polar surface area (TPSA) is 90.7 Å². The largest absolute Gasteiger partial charge is 0.495 e. The fraction of sp³-hybridized carbons (Fsp3) is 0.200. The summed E-state index contributed by atoms with van der Waals surface area (Å²) in [5, 5.41) is 0. The molecule has 0 aliphatic heterocycles. The molecule has 0 aliphatic rings. The summed E-state index contributed by atoms with van der Waals surface area (Å²) in [6, 6.07) is 6.21. The van der Waals surface area contributed by atoms with Gasteiger partial charge in [0.25, 0.3) is 10.0 Å². The normalized spacial score (nSPS) is 11.9. The van der Waals surface area contributed by atoms with Gasteiger partial charge in [0.2, 0.25) is 0 Å². The third-order valence-corrected chi connectivity index (χ3v) is 4.65. The fourth-order valence-corrected chi connectivity index (χ4v) is 3.29. The molecule has 0 saturated heterocycles. The van der Waals surface area contributed by atoms with Crippen molar-refractivity contribution in [3.8, 4) is 11.5 Å². The van der Waals surface area contributed by atoms with Crippen LogP contribution in [0.4, 0.5) is 24.5 Å². The Labute approximate surface area is 142 Å². The van der Waals surface area contributed by atoms with E-state index in [9.17, 15) is 21.6 Å². The number of halogens is 3. The number of benzene rings is 2. The zero-order valence-corrected chi connectivity index (χ0v) is 14.0. The molecular formula is C15H15F3N2O4S. The number of ether oxygens (including phenoxy) is 2. The molecular weight excluding hydrogens is 361 g/mol. The van der Waals surface area contributed by atoms with Crippen molar-refractivity contribution in [1.82, 2.24) is 0 Å². The summed E-state index contributed by atoms with van der Waals surface area (Å²) in [5.74, 6) is 0.0167. The maximum absolute atomic E-state index is 12.8. The van der Waals surface area contributed by atoms with Gasteiger partial charge < -0.3 is 15.2 Å². The highest BCUT2D eigenvalue weighted by Crippen LogP contribution is 2.35. The smallest absolute Gasteiger partial charge is 0.416 e. The maximum Gasteiger partial charge on any atom is 0.416 e. The third kappa shape index (κ3) is 4.08. The van der Waals surface area contributed by atoms with Crippen molar-refractivity contribution in [2.45, 2.75) is 11.1 Å². The summed E-state index contributed by atoms with van der Waals surface area (Å²) in [6.45, 7) is 0. The quantitative estimate of drug-likeness (QED) is 0.783. The van der Waals surface area contributed by atoms with Crippen molar-refractivity contribution in [2.24, 2.45) is 0 Å². The number of methoxy groups -OCH3 is 2. The standard InChI is InChI=1S/C15H15F3N2O4S/c1-23-12-8-14(13(24-2)7-11(12)19)25(21,22)20-10-5-3-4-9(6-10)15(16,17)18/h3-8,20H,19H2,1-2H3. The van der Waals surface area contributed by atoms with Crippen LogP contribution in [0, 0.1) is 0 Å². The average Bonchev–Trinajstić information content (AvgIpc) is 2.53. The molecule has 10 heteroatoms. The Morgan fingerprint density at radius 2 is 1.68 bits per heavy atom. The van der Waals surface area contributed by atoms with Gasteiger partial charge in [0, 0.05) is 17.8 Å². The lowest BCUT2D eigenvalue weighted by atomic mass is 10.2. The molecule has 0 aliphatic carbocycles. The molecule has 0 spiro atoms. The minimum atomic E-state index is -4.59. The average molecular weight is 376 g/mol. The minimum Gasteiger partial charge on any atom is -0.495 e. The molecule has 2 aromatic carbocycles. The Morgan fingerprint density at radius 1 is 1.04 bits per heavy atom. The van der Waals surface area contributed by atoms with Gasteiger partial charge in [-0.2, -0.15) is 13.2 Å². The summed E-state index contributed by atoms with van der Waals surface area (Å²) >= 11 is 0. The van der Waals surface area contributed by atoms with Gasteiger partial charge in [-0.1, -0.05) is 6.07 Å². The molecule has 0 heterocycles. The Balaban J connectivity index is 2.47. The number of anilines is 2. The number of alkyl halides is 3. The first-order chi connectivity index (χ1) is 11.6. The van der Waals surface area contributed by atoms with Gasteiger partial charge in [0.05, 0.1) is 25.5 Å². The van der Waals surface area contributed by atoms with Crippen LogP contribution in [-0.4, -0.2) is 22.6 Å². The fourth-order valence-electron chi connectivity index (χ4n) is 2.07. The molecule has 6 nitrogen and oxygen atoms in total. The first-order valence-corrected chi connectivity index (χ1v) is 8.28. The molecule has 2 rings (SSSR count). The first kappa shape index (κ1) is 18.7. The number of hydrogen-bond acceptors (Lipinski definition) is 5. The molecule has 2 aromatic rings. The zero-order chi connectivity index (χ0) is 18.8. The van der Waals surface area contributed by atoms with Gasteiger partial charge in [-0.3, -0.25) is 4.72 Å². The number of nitrogen functional groups attached to an aromatic ring is 1. The second-order valence-electron chi connectivity index (χ2n) is 4.93. The van der Waals surface area contributed by atoms with Crippen molar-refractivity contribution >= 4 is 21.4 Å². The van der Waals surface area contributed by atoms with Crippen molar-refractivity contribution in [1.29, 1.82) is 0 Å². The van der Waals surface area contributed by atoms with Crippen LogP contribution in [0.3, 0.4) is 0 Å². The third-order valence-electron chi connectivity index (χ3n) is 3.25. The van der Waals surface area contributed by atoms with E-state index >= 15 is 0 Å². The SMILES string of the molecule is COc1cc(S(=O)(=O)Nc2cccc(C(F)(F)F)c2)c(OC)cc1N. The molecule has 3 N–H and O–H groups in total. The lowest BCUT2D eigenvalue weighted by molar-refractivity contribution is -0.137. The predicted octanol–water partition coefficient (Wildman–Crippen LogP) is 3.11. The maximum atomic E-state index is 12.8. The Kier molecular flexibility index (Phi) is 5.02. The van der Waals surface area contributed by atoms with Crippen LogP contribution in [0.1, 0.15) is 5.56 Å². The summed E-state index contributed by atoms with van der Waals surface area (Å²) in [7, 11) is -1.70. The summed E-state index contributed by atoms with van der Waals surface area (Å²) < 4.78 is 75.4. The van der Waals surface area contributed by atoms with Gasteiger partial charge in [-0.15, -0.1) is 0 Å². The van der Waals surface area contributed by atoms with Gasteiger partial charge in [-0.25, -0.2) is 8.42 Å². The molecule has 0 saturated carbocycles.